The number of nitriles is 1. The van der Waals surface area contributed by atoms with Crippen molar-refractivity contribution in [2.45, 2.75) is 0 Å². The molecule has 0 aromatic carbocycles. The average molecular weight is 142 g/mol. The molecule has 0 aliphatic rings. The molecule has 4 heteroatoms. The van der Waals surface area contributed by atoms with Crippen LogP contribution < -0.4 is 5.32 Å². The van der Waals surface area contributed by atoms with Gasteiger partial charge < -0.3 is 4.74 Å². The second-order valence-electron chi connectivity index (χ2n) is 1.12. The zero-order valence-electron chi connectivity index (χ0n) is 4.76. The van der Waals surface area contributed by atoms with E-state index in [0.29, 0.717) is 6.61 Å². The molecule has 0 aliphatic carbocycles. The van der Waals surface area contributed by atoms with Crippen molar-refractivity contribution in [3.63, 3.8) is 0 Å². The van der Waals surface area contributed by atoms with Crippen LogP contribution in [0.1, 0.15) is 0 Å². The number of rotatable bonds is 2. The van der Waals surface area contributed by atoms with Gasteiger partial charge in [-0.05, 0) is 12.2 Å². The minimum atomic E-state index is 0.0809. The van der Waals surface area contributed by atoms with Gasteiger partial charge in [-0.15, -0.1) is 0 Å². The summed E-state index contributed by atoms with van der Waals surface area (Å²) in [6.45, 7) is 3.72. The molecular formula is C5H6N2OS. The van der Waals surface area contributed by atoms with E-state index in [2.05, 4.69) is 24.1 Å². The first-order chi connectivity index (χ1) is 4.31. The third-order valence-electron chi connectivity index (χ3n) is 0.490. The fourth-order valence-corrected chi connectivity index (χ4v) is 0.330. The molecule has 0 saturated heterocycles. The molecule has 1 N–H and O–H groups in total. The van der Waals surface area contributed by atoms with Crippen LogP contribution in [0.3, 0.4) is 0 Å². The summed E-state index contributed by atoms with van der Waals surface area (Å²) in [5.74, 6) is 0. The Kier molecular flexibility index (Phi) is 4.46. The highest BCUT2D eigenvalue weighted by Crippen LogP contribution is 1.76. The summed E-state index contributed by atoms with van der Waals surface area (Å²) >= 11 is 4.51. The maximum Gasteiger partial charge on any atom is 0.270 e. The topological polar surface area (TPSA) is 45.0 Å². The third-order valence-corrected chi connectivity index (χ3v) is 0.710. The molecule has 0 bridgehead atoms. The van der Waals surface area contributed by atoms with E-state index < -0.39 is 0 Å². The quantitative estimate of drug-likeness (QED) is 0.264. The van der Waals surface area contributed by atoms with Gasteiger partial charge in [-0.3, -0.25) is 5.32 Å². The fraction of sp³-hybridized carbons (Fsp3) is 0.200. The van der Waals surface area contributed by atoms with Crippen LogP contribution in [0, 0.1) is 11.5 Å². The number of nitrogens with one attached hydrogen (secondary N) is 1. The highest BCUT2D eigenvalue weighted by atomic mass is 32.1. The summed E-state index contributed by atoms with van der Waals surface area (Å²) in [4.78, 5) is 0. The number of nitrogens with zero attached hydrogens (tertiary/aromatic N) is 1. The molecular weight excluding hydrogens is 136 g/mol. The van der Waals surface area contributed by atoms with Gasteiger partial charge in [0.2, 0.25) is 0 Å². The van der Waals surface area contributed by atoms with Gasteiger partial charge in [0, 0.05) is 0 Å². The Morgan fingerprint density at radius 3 is 3.11 bits per heavy atom. The highest BCUT2D eigenvalue weighted by Gasteiger charge is 1.88. The van der Waals surface area contributed by atoms with Gasteiger partial charge in [0.1, 0.15) is 6.61 Å². The Hall–Kier alpha value is -1.08. The number of hydrogen-bond donors (Lipinski definition) is 1. The predicted molar refractivity (Wildman–Crippen MR) is 37.5 cm³/mol. The first kappa shape index (κ1) is 7.92. The van der Waals surface area contributed by atoms with Gasteiger partial charge in [-0.25, -0.2) is 0 Å². The van der Waals surface area contributed by atoms with Crippen molar-refractivity contribution in [1.82, 2.24) is 5.32 Å². The van der Waals surface area contributed by atoms with Crippen molar-refractivity contribution in [2.24, 2.45) is 0 Å². The lowest BCUT2D eigenvalue weighted by Gasteiger charge is -1.98. The predicted octanol–water partition coefficient (Wildman–Crippen LogP) is 0.545. The third kappa shape index (κ3) is 4.78. The smallest absolute Gasteiger partial charge is 0.270 e. The molecule has 3 nitrogen and oxygen atoms in total. The monoisotopic (exact) mass is 142 g/mol. The molecule has 0 unspecified atom stereocenters. The number of thiocarbonyl (C=S) groups is 1. The Balaban J connectivity index is 3.29. The van der Waals surface area contributed by atoms with Gasteiger partial charge in [-0.1, -0.05) is 12.7 Å². The Bertz CT molecular complexity index is 150. The zero-order valence-corrected chi connectivity index (χ0v) is 5.57. The van der Waals surface area contributed by atoms with E-state index >= 15 is 0 Å². The Morgan fingerprint density at radius 2 is 2.67 bits per heavy atom. The Morgan fingerprint density at radius 1 is 2.00 bits per heavy atom. The van der Waals surface area contributed by atoms with E-state index in [9.17, 15) is 0 Å². The molecule has 0 radical (unpaired) electrons. The van der Waals surface area contributed by atoms with Crippen molar-refractivity contribution >= 4 is 17.4 Å². The first-order valence-electron chi connectivity index (χ1n) is 2.24. The summed E-state index contributed by atoms with van der Waals surface area (Å²) in [7, 11) is 0. The van der Waals surface area contributed by atoms with Crippen LogP contribution in [0.2, 0.25) is 0 Å². The lowest BCUT2D eigenvalue weighted by molar-refractivity contribution is 0.349. The van der Waals surface area contributed by atoms with Crippen LogP contribution in [0.5, 0.6) is 0 Å². The van der Waals surface area contributed by atoms with Crippen LogP contribution in [0.15, 0.2) is 12.7 Å². The van der Waals surface area contributed by atoms with Gasteiger partial charge in [0.15, 0.2) is 6.19 Å². The molecule has 0 aromatic heterocycles. The molecule has 0 spiro atoms. The molecule has 0 saturated carbocycles. The molecule has 0 heterocycles. The van der Waals surface area contributed by atoms with E-state index in [1.807, 2.05) is 0 Å². The van der Waals surface area contributed by atoms with E-state index in [0.717, 1.165) is 0 Å². The summed E-state index contributed by atoms with van der Waals surface area (Å²) in [5, 5.41) is 10.2. The molecule has 0 atom stereocenters. The average Bonchev–Trinajstić information content (AvgIpc) is 1.85. The number of hydrogen-bond acceptors (Lipinski definition) is 3. The van der Waals surface area contributed by atoms with E-state index in [-0.39, 0.29) is 5.17 Å². The maximum absolute atomic E-state index is 7.98. The van der Waals surface area contributed by atoms with Gasteiger partial charge in [0.25, 0.3) is 5.17 Å². The molecule has 48 valence electrons. The van der Waals surface area contributed by atoms with Crippen LogP contribution in [-0.2, 0) is 4.74 Å². The summed E-state index contributed by atoms with van der Waals surface area (Å²) in [6.07, 6.45) is 3.17. The van der Waals surface area contributed by atoms with E-state index in [1.165, 1.54) is 0 Å². The van der Waals surface area contributed by atoms with Crippen molar-refractivity contribution in [1.29, 1.82) is 5.26 Å². The standard InChI is InChI=1S/C5H6N2OS/c1-2-3-8-5(9)7-4-6/h2H,1,3H2,(H,7,9). The van der Waals surface area contributed by atoms with Crippen molar-refractivity contribution in [2.75, 3.05) is 6.61 Å². The van der Waals surface area contributed by atoms with Crippen LogP contribution in [0.4, 0.5) is 0 Å². The molecule has 0 aromatic rings. The maximum atomic E-state index is 7.98. The number of ether oxygens (including phenoxy) is 1. The van der Waals surface area contributed by atoms with Crippen LogP contribution in [-0.4, -0.2) is 11.8 Å². The van der Waals surface area contributed by atoms with Crippen molar-refractivity contribution < 1.29 is 4.74 Å². The van der Waals surface area contributed by atoms with Crippen LogP contribution >= 0.6 is 12.2 Å². The largest absolute Gasteiger partial charge is 0.466 e. The molecule has 0 fully saturated rings. The summed E-state index contributed by atoms with van der Waals surface area (Å²) in [5.41, 5.74) is 0. The van der Waals surface area contributed by atoms with Gasteiger partial charge in [-0.2, -0.15) is 5.26 Å². The SMILES string of the molecule is C=CCOC(=S)NC#N. The normalized spacial score (nSPS) is 7.00. The van der Waals surface area contributed by atoms with Crippen LogP contribution in [0.25, 0.3) is 0 Å². The Labute approximate surface area is 58.9 Å². The second-order valence-corrected chi connectivity index (χ2v) is 1.49. The molecule has 0 aliphatic heterocycles. The van der Waals surface area contributed by atoms with E-state index in [4.69, 9.17) is 10.00 Å². The van der Waals surface area contributed by atoms with Gasteiger partial charge >= 0.3 is 0 Å². The lowest BCUT2D eigenvalue weighted by atomic mass is 10.7. The fourth-order valence-electron chi connectivity index (χ4n) is 0.216. The highest BCUT2D eigenvalue weighted by molar-refractivity contribution is 7.80. The summed E-state index contributed by atoms with van der Waals surface area (Å²) in [6, 6.07) is 0. The molecule has 9 heavy (non-hydrogen) atoms. The van der Waals surface area contributed by atoms with Crippen molar-refractivity contribution in [3.8, 4) is 6.19 Å². The van der Waals surface area contributed by atoms with E-state index in [1.54, 1.807) is 12.3 Å². The minimum absolute atomic E-state index is 0.0809. The lowest BCUT2D eigenvalue weighted by Crippen LogP contribution is -2.18. The minimum Gasteiger partial charge on any atom is -0.466 e. The second kappa shape index (κ2) is 5.06. The zero-order chi connectivity index (χ0) is 7.11. The first-order valence-corrected chi connectivity index (χ1v) is 2.65. The van der Waals surface area contributed by atoms with Crippen molar-refractivity contribution in [3.05, 3.63) is 12.7 Å². The van der Waals surface area contributed by atoms with Gasteiger partial charge in [0.05, 0.1) is 0 Å². The molecule has 0 amide bonds. The summed E-state index contributed by atoms with van der Waals surface area (Å²) < 4.78 is 4.71. The molecule has 0 rings (SSSR count).